The second-order valence-corrected chi connectivity index (χ2v) is 18.2. The van der Waals surface area contributed by atoms with Crippen LogP contribution in [0.4, 0.5) is 10.5 Å². The summed E-state index contributed by atoms with van der Waals surface area (Å²) in [4.78, 5) is 76.4. The highest BCUT2D eigenvalue weighted by atomic mass is 16.6. The average Bonchev–Trinajstić information content (AvgIpc) is 3.19. The van der Waals surface area contributed by atoms with Gasteiger partial charge < -0.3 is 60.7 Å². The Morgan fingerprint density at radius 3 is 2.06 bits per heavy atom. The van der Waals surface area contributed by atoms with Gasteiger partial charge in [0.25, 0.3) is 0 Å². The van der Waals surface area contributed by atoms with Gasteiger partial charge in [0.05, 0.1) is 50.3 Å². The van der Waals surface area contributed by atoms with Crippen molar-refractivity contribution in [3.63, 3.8) is 0 Å². The predicted molar refractivity (Wildman–Crippen MR) is 237 cm³/mol. The summed E-state index contributed by atoms with van der Waals surface area (Å²) in [5.41, 5.74) is -0.103. The summed E-state index contributed by atoms with van der Waals surface area (Å²) in [5, 5.41) is 25.6. The number of aliphatic hydroxyl groups is 1. The fraction of sp³-hybridized carbons (Fsp3) is 0.733. The number of alkyl carbamates (subject to hydrolysis) is 1. The van der Waals surface area contributed by atoms with Crippen molar-refractivity contribution in [2.45, 2.75) is 161 Å². The molecular weight excluding hydrogens is 817 g/mol. The molecule has 2 unspecified atom stereocenters. The number of amides is 6. The molecular formula is C45H76N6O12. The average molecular weight is 893 g/mol. The lowest BCUT2D eigenvalue weighted by atomic mass is 9.82. The second-order valence-electron chi connectivity index (χ2n) is 18.2. The monoisotopic (exact) mass is 893 g/mol. The number of nitrogens with one attached hydrogen (secondary N) is 6. The molecule has 18 heteroatoms. The molecule has 1 fully saturated rings. The number of ether oxygens (including phenoxy) is 5. The third kappa shape index (κ3) is 22.7. The topological polar surface area (TPSA) is 241 Å². The summed E-state index contributed by atoms with van der Waals surface area (Å²) in [6.45, 7) is 17.5. The van der Waals surface area contributed by atoms with Crippen LogP contribution in [0.5, 0.6) is 0 Å². The third-order valence-corrected chi connectivity index (χ3v) is 10.3. The number of carbonyl (C=O) groups is 6. The molecule has 1 saturated heterocycles. The van der Waals surface area contributed by atoms with Crippen molar-refractivity contribution in [1.29, 1.82) is 0 Å². The van der Waals surface area contributed by atoms with Crippen LogP contribution >= 0.6 is 0 Å². The van der Waals surface area contributed by atoms with Crippen LogP contribution in [0.3, 0.4) is 0 Å². The summed E-state index contributed by atoms with van der Waals surface area (Å²) in [7, 11) is 1.69. The van der Waals surface area contributed by atoms with Crippen molar-refractivity contribution < 1.29 is 57.6 Å². The first-order valence-corrected chi connectivity index (χ1v) is 22.1. The Labute approximate surface area is 373 Å². The Bertz CT molecular complexity index is 1590. The highest BCUT2D eigenvalue weighted by molar-refractivity contribution is 5.98. The Hall–Kier alpha value is -4.36. The van der Waals surface area contributed by atoms with Gasteiger partial charge in [-0.2, -0.15) is 0 Å². The van der Waals surface area contributed by atoms with Gasteiger partial charge >= 0.3 is 6.09 Å². The normalized spacial score (nSPS) is 17.7. The number of benzene rings is 1. The molecule has 0 bridgehead atoms. The van der Waals surface area contributed by atoms with Gasteiger partial charge in [0.1, 0.15) is 23.7 Å². The van der Waals surface area contributed by atoms with Crippen LogP contribution in [-0.2, 0) is 54.3 Å². The van der Waals surface area contributed by atoms with Crippen molar-refractivity contribution in [3.8, 4) is 0 Å². The van der Waals surface area contributed by atoms with Crippen molar-refractivity contribution in [2.24, 2.45) is 5.92 Å². The number of aliphatic hydroxyl groups excluding tert-OH is 1. The van der Waals surface area contributed by atoms with E-state index in [1.807, 2.05) is 20.8 Å². The SMILES string of the molecule is COC(C)(C)CC1CC(C)(CCC(=O)NCCCC[C@H](NC(=O)OC(C)(C)C)C(=O)NCCOCCOCCC(=O)N[C@H](C(=O)N[C@@H](C)C(=O)Nc2ccc(CO)cc2)C(C)C)O1. The first kappa shape index (κ1) is 54.8. The van der Waals surface area contributed by atoms with E-state index in [1.165, 1.54) is 0 Å². The van der Waals surface area contributed by atoms with Crippen LogP contribution < -0.4 is 31.9 Å². The van der Waals surface area contributed by atoms with E-state index in [-0.39, 0.29) is 75.1 Å². The van der Waals surface area contributed by atoms with Gasteiger partial charge in [-0.15, -0.1) is 0 Å². The zero-order chi connectivity index (χ0) is 47.2. The van der Waals surface area contributed by atoms with Crippen molar-refractivity contribution in [2.75, 3.05) is 51.9 Å². The highest BCUT2D eigenvalue weighted by Crippen LogP contribution is 2.40. The molecule has 63 heavy (non-hydrogen) atoms. The molecule has 1 aromatic carbocycles. The van der Waals surface area contributed by atoms with E-state index in [4.69, 9.17) is 23.7 Å². The molecule has 0 radical (unpaired) electrons. The lowest BCUT2D eigenvalue weighted by molar-refractivity contribution is -0.216. The highest BCUT2D eigenvalue weighted by Gasteiger charge is 2.43. The zero-order valence-corrected chi connectivity index (χ0v) is 39.2. The molecule has 6 amide bonds. The molecule has 0 aromatic heterocycles. The fourth-order valence-corrected chi connectivity index (χ4v) is 6.62. The maximum Gasteiger partial charge on any atom is 0.408 e. The smallest absolute Gasteiger partial charge is 0.408 e. The minimum absolute atomic E-state index is 0.00500. The minimum Gasteiger partial charge on any atom is -0.444 e. The Balaban J connectivity index is 1.65. The van der Waals surface area contributed by atoms with E-state index in [0.29, 0.717) is 49.9 Å². The maximum absolute atomic E-state index is 13.1. The Kier molecular flexibility index (Phi) is 23.5. The summed E-state index contributed by atoms with van der Waals surface area (Å²) in [6.07, 6.45) is 3.56. The van der Waals surface area contributed by atoms with E-state index in [9.17, 15) is 33.9 Å². The van der Waals surface area contributed by atoms with Crippen LogP contribution in [0.15, 0.2) is 24.3 Å². The summed E-state index contributed by atoms with van der Waals surface area (Å²) in [5.74, 6) is -2.04. The molecule has 358 valence electrons. The quantitative estimate of drug-likeness (QED) is 0.0571. The number of hydrogen-bond donors (Lipinski definition) is 7. The summed E-state index contributed by atoms with van der Waals surface area (Å²) in [6, 6.07) is 4.05. The summed E-state index contributed by atoms with van der Waals surface area (Å²) >= 11 is 0. The lowest BCUT2D eigenvalue weighted by Crippen LogP contribution is -2.53. The van der Waals surface area contributed by atoms with E-state index >= 15 is 0 Å². The molecule has 1 aliphatic rings. The van der Waals surface area contributed by atoms with E-state index in [0.717, 1.165) is 12.8 Å². The maximum atomic E-state index is 13.1. The van der Waals surface area contributed by atoms with E-state index < -0.39 is 53.4 Å². The fourth-order valence-electron chi connectivity index (χ4n) is 6.62. The Morgan fingerprint density at radius 1 is 0.810 bits per heavy atom. The first-order valence-electron chi connectivity index (χ1n) is 22.1. The van der Waals surface area contributed by atoms with E-state index in [2.05, 4.69) is 31.9 Å². The minimum atomic E-state index is -0.876. The van der Waals surface area contributed by atoms with E-state index in [1.54, 1.807) is 72.9 Å². The number of methoxy groups -OCH3 is 1. The van der Waals surface area contributed by atoms with Crippen LogP contribution in [0.1, 0.15) is 119 Å². The van der Waals surface area contributed by atoms with Gasteiger partial charge in [-0.25, -0.2) is 4.79 Å². The molecule has 1 heterocycles. The van der Waals surface area contributed by atoms with Gasteiger partial charge in [-0.1, -0.05) is 26.0 Å². The van der Waals surface area contributed by atoms with Gasteiger partial charge in [-0.05, 0) is 97.8 Å². The zero-order valence-electron chi connectivity index (χ0n) is 39.2. The number of hydrogen-bond acceptors (Lipinski definition) is 12. The summed E-state index contributed by atoms with van der Waals surface area (Å²) < 4.78 is 28.0. The third-order valence-electron chi connectivity index (χ3n) is 10.3. The molecule has 1 aliphatic heterocycles. The first-order chi connectivity index (χ1) is 29.5. The predicted octanol–water partition coefficient (Wildman–Crippen LogP) is 3.63. The molecule has 18 nitrogen and oxygen atoms in total. The van der Waals surface area contributed by atoms with Crippen LogP contribution in [0.25, 0.3) is 0 Å². The second kappa shape index (κ2) is 27.1. The molecule has 7 N–H and O–H groups in total. The molecule has 0 aliphatic carbocycles. The largest absolute Gasteiger partial charge is 0.444 e. The standard InChI is InChI=1S/C45H76N6O12/c1-30(2)38(41(57)48-31(3)39(55)49-33-16-14-32(29-52)15-17-33)51-37(54)19-23-60-25-26-61-24-22-47-40(56)35(50-42(58)63-43(4,5)6)13-11-12-21-46-36(53)18-20-45(9)28-34(62-45)27-44(7,8)59-10/h14-17,30-31,34-35,38,52H,11-13,18-29H2,1-10H3,(H,46,53)(H,47,56)(H,48,57)(H,49,55)(H,50,58)(H,51,54)/t31-,34?,35-,38-,45?/m0/s1. The number of rotatable bonds is 29. The number of unbranched alkanes of at least 4 members (excludes halogenated alkanes) is 1. The van der Waals surface area contributed by atoms with Crippen LogP contribution in [-0.4, -0.2) is 128 Å². The Morgan fingerprint density at radius 2 is 1.46 bits per heavy atom. The number of carbonyl (C=O) groups excluding carboxylic acids is 6. The lowest BCUT2D eigenvalue weighted by Gasteiger charge is -2.47. The molecule has 0 saturated carbocycles. The molecule has 5 atom stereocenters. The molecule has 0 spiro atoms. The van der Waals surface area contributed by atoms with Gasteiger partial charge in [-0.3, -0.25) is 24.0 Å². The molecule has 2 rings (SSSR count). The van der Waals surface area contributed by atoms with Gasteiger partial charge in [0, 0.05) is 51.6 Å². The number of anilines is 1. The van der Waals surface area contributed by atoms with Gasteiger partial charge in [0.2, 0.25) is 29.5 Å². The van der Waals surface area contributed by atoms with Crippen LogP contribution in [0.2, 0.25) is 0 Å². The van der Waals surface area contributed by atoms with Crippen molar-refractivity contribution >= 4 is 41.3 Å². The van der Waals surface area contributed by atoms with Crippen molar-refractivity contribution in [1.82, 2.24) is 26.6 Å². The molecule has 1 aromatic rings. The van der Waals surface area contributed by atoms with Crippen LogP contribution in [0, 0.1) is 5.92 Å². The van der Waals surface area contributed by atoms with Crippen molar-refractivity contribution in [3.05, 3.63) is 29.8 Å². The van der Waals surface area contributed by atoms with Gasteiger partial charge in [0.15, 0.2) is 0 Å².